The predicted octanol–water partition coefficient (Wildman–Crippen LogP) is 5.59. The zero-order valence-corrected chi connectivity index (χ0v) is 17.5. The van der Waals surface area contributed by atoms with Crippen molar-refractivity contribution in [2.24, 2.45) is 0 Å². The zero-order valence-electron chi connectivity index (χ0n) is 16.7. The van der Waals surface area contributed by atoms with Crippen molar-refractivity contribution in [3.05, 3.63) is 83.1 Å². The number of carbonyl (C=O) groups is 1. The number of nitrogens with zero attached hydrogens (tertiary/aromatic N) is 2. The Bertz CT molecular complexity index is 1180. The van der Waals surface area contributed by atoms with Gasteiger partial charge in [-0.05, 0) is 67.4 Å². The first-order valence-corrected chi connectivity index (χ1v) is 10.6. The van der Waals surface area contributed by atoms with Crippen LogP contribution in [0, 0.1) is 12.7 Å². The van der Waals surface area contributed by atoms with Crippen LogP contribution in [0.25, 0.3) is 11.0 Å². The fourth-order valence-corrected chi connectivity index (χ4v) is 4.29. The number of thioether (sulfide) groups is 1. The number of carbonyl (C=O) groups excluding carboxylic acids is 1. The number of rotatable bonds is 7. The van der Waals surface area contributed by atoms with Crippen molar-refractivity contribution < 1.29 is 18.3 Å². The Hall–Kier alpha value is -3.06. The number of aromatic nitrogens is 2. The molecule has 2 aromatic heterocycles. The molecule has 7 heteroatoms. The smallest absolute Gasteiger partial charge is 0.338 e. The van der Waals surface area contributed by atoms with Crippen LogP contribution in [0.4, 0.5) is 4.39 Å². The molecule has 4 aromatic rings. The monoisotopic (exact) mass is 424 g/mol. The highest BCUT2D eigenvalue weighted by atomic mass is 32.2. The van der Waals surface area contributed by atoms with E-state index < -0.39 is 0 Å². The lowest BCUT2D eigenvalue weighted by atomic mass is 10.1. The molecule has 0 aliphatic heterocycles. The number of imidazole rings is 1. The molecule has 0 aliphatic carbocycles. The first kappa shape index (κ1) is 20.2. The van der Waals surface area contributed by atoms with Crippen LogP contribution < -0.4 is 0 Å². The molecule has 2 aromatic carbocycles. The molecule has 0 saturated heterocycles. The minimum absolute atomic E-state index is 0.251. The lowest BCUT2D eigenvalue weighted by molar-refractivity contribution is 0.0526. The van der Waals surface area contributed by atoms with Crippen LogP contribution in [-0.4, -0.2) is 22.1 Å². The molecule has 0 saturated carbocycles. The molecule has 0 unspecified atom stereocenters. The van der Waals surface area contributed by atoms with Gasteiger partial charge < -0.3 is 13.7 Å². The summed E-state index contributed by atoms with van der Waals surface area (Å²) >= 11 is 1.52. The van der Waals surface area contributed by atoms with Crippen LogP contribution in [0.1, 0.15) is 34.2 Å². The molecule has 0 atom stereocenters. The largest absolute Gasteiger partial charge is 0.467 e. The van der Waals surface area contributed by atoms with E-state index >= 15 is 0 Å². The van der Waals surface area contributed by atoms with E-state index in [1.807, 2.05) is 29.7 Å². The maximum atomic E-state index is 13.7. The van der Waals surface area contributed by atoms with Gasteiger partial charge in [0.1, 0.15) is 11.6 Å². The van der Waals surface area contributed by atoms with E-state index in [1.54, 1.807) is 37.5 Å². The van der Waals surface area contributed by atoms with E-state index in [9.17, 15) is 9.18 Å². The molecule has 0 radical (unpaired) electrons. The molecule has 2 heterocycles. The van der Waals surface area contributed by atoms with E-state index in [4.69, 9.17) is 14.1 Å². The molecule has 0 amide bonds. The second-order valence-electron chi connectivity index (χ2n) is 6.84. The Morgan fingerprint density at radius 2 is 2.10 bits per heavy atom. The Kier molecular flexibility index (Phi) is 5.90. The van der Waals surface area contributed by atoms with E-state index in [0.29, 0.717) is 30.0 Å². The molecule has 0 fully saturated rings. The maximum absolute atomic E-state index is 13.7. The van der Waals surface area contributed by atoms with Crippen molar-refractivity contribution in [3.63, 3.8) is 0 Å². The van der Waals surface area contributed by atoms with Crippen LogP contribution in [-0.2, 0) is 17.0 Å². The van der Waals surface area contributed by atoms with E-state index in [0.717, 1.165) is 27.6 Å². The van der Waals surface area contributed by atoms with Gasteiger partial charge in [0.15, 0.2) is 5.16 Å². The zero-order chi connectivity index (χ0) is 21.1. The summed E-state index contributed by atoms with van der Waals surface area (Å²) in [7, 11) is 0. The molecule has 4 rings (SSSR count). The number of hydrogen-bond donors (Lipinski definition) is 0. The number of esters is 1. The lowest BCUT2D eigenvalue weighted by Crippen LogP contribution is -2.04. The average Bonchev–Trinajstić information content (AvgIpc) is 3.37. The van der Waals surface area contributed by atoms with Gasteiger partial charge in [0, 0.05) is 5.75 Å². The first-order valence-electron chi connectivity index (χ1n) is 9.62. The molecule has 0 bridgehead atoms. The number of halogens is 1. The molecule has 154 valence electrons. The average molecular weight is 424 g/mol. The molecule has 0 N–H and O–H groups in total. The Morgan fingerprint density at radius 3 is 2.87 bits per heavy atom. The van der Waals surface area contributed by atoms with Gasteiger partial charge in [0.05, 0.1) is 36.0 Å². The number of hydrogen-bond acceptors (Lipinski definition) is 5. The summed E-state index contributed by atoms with van der Waals surface area (Å²) < 4.78 is 26.3. The van der Waals surface area contributed by atoms with Crippen LogP contribution in [0.15, 0.2) is 64.4 Å². The van der Waals surface area contributed by atoms with Crippen molar-refractivity contribution in [1.82, 2.24) is 9.55 Å². The van der Waals surface area contributed by atoms with E-state index in [1.165, 1.54) is 17.8 Å². The molecule has 0 aliphatic rings. The number of benzene rings is 2. The van der Waals surface area contributed by atoms with E-state index in [-0.39, 0.29) is 11.8 Å². The van der Waals surface area contributed by atoms with E-state index in [2.05, 4.69) is 0 Å². The van der Waals surface area contributed by atoms with Gasteiger partial charge in [-0.1, -0.05) is 17.8 Å². The summed E-state index contributed by atoms with van der Waals surface area (Å²) in [6.45, 7) is 4.56. The van der Waals surface area contributed by atoms with Crippen LogP contribution in [0.5, 0.6) is 0 Å². The van der Waals surface area contributed by atoms with Gasteiger partial charge in [-0.3, -0.25) is 0 Å². The number of fused-ring (bicyclic) bond motifs is 1. The van der Waals surface area contributed by atoms with Crippen LogP contribution in [0.3, 0.4) is 0 Å². The summed E-state index contributed by atoms with van der Waals surface area (Å²) in [4.78, 5) is 16.9. The third-order valence-corrected chi connectivity index (χ3v) is 5.81. The lowest BCUT2D eigenvalue weighted by Gasteiger charge is -2.09. The summed E-state index contributed by atoms with van der Waals surface area (Å²) in [5, 5.41) is 0.770. The molecule has 30 heavy (non-hydrogen) atoms. The number of aryl methyl sites for hydroxylation is 1. The Labute approximate surface area is 177 Å². The van der Waals surface area contributed by atoms with Gasteiger partial charge in [-0.2, -0.15) is 0 Å². The summed E-state index contributed by atoms with van der Waals surface area (Å²) in [6, 6.07) is 13.9. The third kappa shape index (κ3) is 4.26. The SMILES string of the molecule is CCOC(=O)c1ccc2c(c1)nc(SCc1cc(F)ccc1C)n2Cc1ccco1. The van der Waals surface area contributed by atoms with Crippen molar-refractivity contribution in [1.29, 1.82) is 0 Å². The quantitative estimate of drug-likeness (QED) is 0.286. The molecule has 5 nitrogen and oxygen atoms in total. The molecule has 0 spiro atoms. The van der Waals surface area contributed by atoms with Gasteiger partial charge >= 0.3 is 5.97 Å². The molecular formula is C23H21FN2O3S. The fraction of sp³-hybridized carbons (Fsp3) is 0.217. The Balaban J connectivity index is 1.70. The number of furan rings is 1. The highest BCUT2D eigenvalue weighted by Crippen LogP contribution is 2.29. The van der Waals surface area contributed by atoms with Gasteiger partial charge in [-0.15, -0.1) is 0 Å². The van der Waals surface area contributed by atoms with Crippen molar-refractivity contribution >= 4 is 28.8 Å². The van der Waals surface area contributed by atoms with Gasteiger partial charge in [-0.25, -0.2) is 14.2 Å². The van der Waals surface area contributed by atoms with Crippen molar-refractivity contribution in [2.75, 3.05) is 6.61 Å². The maximum Gasteiger partial charge on any atom is 0.338 e. The second kappa shape index (κ2) is 8.75. The molecular weight excluding hydrogens is 403 g/mol. The minimum atomic E-state index is -0.371. The highest BCUT2D eigenvalue weighted by molar-refractivity contribution is 7.98. The first-order chi connectivity index (χ1) is 14.5. The summed E-state index contributed by atoms with van der Waals surface area (Å²) in [5.41, 5.74) is 4.00. The summed E-state index contributed by atoms with van der Waals surface area (Å²) in [6.07, 6.45) is 1.64. The predicted molar refractivity (Wildman–Crippen MR) is 114 cm³/mol. The standard InChI is InChI=1S/C23H21FN2O3S/c1-3-28-22(27)16-7-9-21-20(12-16)25-23(26(21)13-19-5-4-10-29-19)30-14-17-11-18(24)8-6-15(17)2/h4-12H,3,13-14H2,1-2H3. The van der Waals surface area contributed by atoms with Crippen molar-refractivity contribution in [2.45, 2.75) is 31.3 Å². The second-order valence-corrected chi connectivity index (χ2v) is 7.79. The highest BCUT2D eigenvalue weighted by Gasteiger charge is 2.16. The minimum Gasteiger partial charge on any atom is -0.467 e. The van der Waals surface area contributed by atoms with Crippen LogP contribution >= 0.6 is 11.8 Å². The summed E-state index contributed by atoms with van der Waals surface area (Å²) in [5.74, 6) is 0.756. The van der Waals surface area contributed by atoms with Crippen molar-refractivity contribution in [3.8, 4) is 0 Å². The topological polar surface area (TPSA) is 57.3 Å². The van der Waals surface area contributed by atoms with Gasteiger partial charge in [0.25, 0.3) is 0 Å². The fourth-order valence-electron chi connectivity index (χ4n) is 3.21. The Morgan fingerprint density at radius 1 is 1.23 bits per heavy atom. The normalized spacial score (nSPS) is 11.2. The number of ether oxygens (including phenoxy) is 1. The van der Waals surface area contributed by atoms with Crippen LogP contribution in [0.2, 0.25) is 0 Å². The third-order valence-electron chi connectivity index (χ3n) is 4.79. The van der Waals surface area contributed by atoms with Gasteiger partial charge in [0.2, 0.25) is 0 Å².